The molecule has 0 aliphatic carbocycles. The molecule has 0 spiro atoms. The highest BCUT2D eigenvalue weighted by Gasteiger charge is 2.45. The highest BCUT2D eigenvalue weighted by molar-refractivity contribution is 7.88. The molecule has 0 aromatic rings. The summed E-state index contributed by atoms with van der Waals surface area (Å²) in [4.78, 5) is 13.6. The molecule has 122 valence electrons. The lowest BCUT2D eigenvalue weighted by Gasteiger charge is -2.36. The van der Waals surface area contributed by atoms with Crippen molar-refractivity contribution in [2.75, 3.05) is 25.9 Å². The summed E-state index contributed by atoms with van der Waals surface area (Å²) in [6.07, 6.45) is -2.05. The number of carbonyl (C=O) groups is 1. The summed E-state index contributed by atoms with van der Waals surface area (Å²) in [6, 6.07) is -0.841. The van der Waals surface area contributed by atoms with Crippen LogP contribution in [0.1, 0.15) is 25.7 Å². The molecule has 0 saturated carbocycles. The van der Waals surface area contributed by atoms with E-state index in [4.69, 9.17) is 0 Å². The Labute approximate surface area is 122 Å². The molecular weight excluding hydrogens is 309 g/mol. The second-order valence-electron chi connectivity index (χ2n) is 5.70. The van der Waals surface area contributed by atoms with Gasteiger partial charge in [0.15, 0.2) is 0 Å². The van der Waals surface area contributed by atoms with Gasteiger partial charge in [0.05, 0.1) is 12.2 Å². The third kappa shape index (κ3) is 3.68. The van der Waals surface area contributed by atoms with Crippen molar-refractivity contribution in [1.29, 1.82) is 0 Å². The molecule has 2 fully saturated rings. The van der Waals surface area contributed by atoms with E-state index in [0.29, 0.717) is 19.3 Å². The van der Waals surface area contributed by atoms with Gasteiger partial charge in [0.25, 0.3) is 0 Å². The van der Waals surface area contributed by atoms with E-state index < -0.39 is 34.1 Å². The number of likely N-dealkylation sites (tertiary alicyclic amines) is 1. The highest BCUT2D eigenvalue weighted by Crippen LogP contribution is 2.34. The maximum atomic E-state index is 12.8. The first kappa shape index (κ1) is 16.5. The number of sulfonamides is 1. The molecule has 2 aliphatic heterocycles. The highest BCUT2D eigenvalue weighted by atomic mass is 32.2. The van der Waals surface area contributed by atoms with E-state index in [2.05, 4.69) is 0 Å². The maximum Gasteiger partial charge on any atom is 0.393 e. The van der Waals surface area contributed by atoms with Crippen molar-refractivity contribution in [1.82, 2.24) is 9.21 Å². The average Bonchev–Trinajstić information content (AvgIpc) is 2.86. The number of amides is 1. The number of piperidine rings is 1. The number of nitrogens with zero attached hydrogens (tertiary/aromatic N) is 2. The number of halogens is 3. The Morgan fingerprint density at radius 1 is 1.14 bits per heavy atom. The van der Waals surface area contributed by atoms with Gasteiger partial charge >= 0.3 is 6.18 Å². The van der Waals surface area contributed by atoms with Crippen molar-refractivity contribution in [3.05, 3.63) is 0 Å². The van der Waals surface area contributed by atoms with Gasteiger partial charge in [0.2, 0.25) is 15.9 Å². The first-order valence-corrected chi connectivity index (χ1v) is 8.78. The smallest absolute Gasteiger partial charge is 0.341 e. The van der Waals surface area contributed by atoms with Crippen molar-refractivity contribution < 1.29 is 26.4 Å². The van der Waals surface area contributed by atoms with E-state index in [0.717, 1.165) is 10.6 Å². The predicted molar refractivity (Wildman–Crippen MR) is 69.9 cm³/mol. The van der Waals surface area contributed by atoms with Gasteiger partial charge in [-0.2, -0.15) is 17.5 Å². The lowest BCUT2D eigenvalue weighted by atomic mass is 9.97. The van der Waals surface area contributed by atoms with E-state index in [1.165, 1.54) is 4.90 Å². The first-order chi connectivity index (χ1) is 9.60. The van der Waals surface area contributed by atoms with Gasteiger partial charge in [-0.15, -0.1) is 0 Å². The van der Waals surface area contributed by atoms with E-state index in [9.17, 15) is 26.4 Å². The van der Waals surface area contributed by atoms with Crippen molar-refractivity contribution in [2.45, 2.75) is 37.9 Å². The molecule has 9 heteroatoms. The van der Waals surface area contributed by atoms with Crippen LogP contribution in [-0.2, 0) is 14.8 Å². The summed E-state index contributed by atoms with van der Waals surface area (Å²) in [7, 11) is -3.51. The van der Waals surface area contributed by atoms with Crippen LogP contribution in [0.3, 0.4) is 0 Å². The average molecular weight is 328 g/mol. The zero-order valence-electron chi connectivity index (χ0n) is 11.8. The van der Waals surface area contributed by atoms with E-state index in [1.807, 2.05) is 0 Å². The summed E-state index contributed by atoms with van der Waals surface area (Å²) >= 11 is 0. The zero-order valence-corrected chi connectivity index (χ0v) is 12.6. The van der Waals surface area contributed by atoms with Gasteiger partial charge in [-0.05, 0) is 25.7 Å². The lowest BCUT2D eigenvalue weighted by molar-refractivity contribution is -0.188. The summed E-state index contributed by atoms with van der Waals surface area (Å²) in [5.74, 6) is -2.00. The van der Waals surface area contributed by atoms with Crippen LogP contribution in [0.25, 0.3) is 0 Å². The molecule has 2 heterocycles. The molecule has 2 aliphatic rings. The molecule has 2 atom stereocenters. The summed E-state index contributed by atoms with van der Waals surface area (Å²) in [6.45, 7) is 0.154. The van der Waals surface area contributed by atoms with Crippen LogP contribution in [0.2, 0.25) is 0 Å². The number of hydrogen-bond donors (Lipinski definition) is 0. The third-order valence-electron chi connectivity index (χ3n) is 4.11. The Bertz CT molecular complexity index is 506. The molecule has 5 nitrogen and oxygen atoms in total. The fraction of sp³-hybridized carbons (Fsp3) is 0.917. The van der Waals surface area contributed by atoms with Crippen LogP contribution < -0.4 is 0 Å². The van der Waals surface area contributed by atoms with Gasteiger partial charge in [-0.3, -0.25) is 4.79 Å². The fourth-order valence-corrected chi connectivity index (χ4v) is 4.16. The van der Waals surface area contributed by atoms with Crippen LogP contribution >= 0.6 is 0 Å². The zero-order chi connectivity index (χ0) is 15.8. The standard InChI is InChI=1S/C12H19F3N2O3S/c1-21(19,20)17-7-3-5-10(17)11(18)16-6-2-4-9(8-16)12(13,14)15/h9-10H,2-8H2,1H3/t9-,10-/m1/s1. The third-order valence-corrected chi connectivity index (χ3v) is 5.40. The SMILES string of the molecule is CS(=O)(=O)N1CCC[C@@H]1C(=O)N1CCC[C@@H](C(F)(F)F)C1. The van der Waals surface area contributed by atoms with E-state index in [-0.39, 0.29) is 26.1 Å². The molecule has 0 aromatic carbocycles. The minimum Gasteiger partial charge on any atom is -0.341 e. The minimum atomic E-state index is -4.31. The van der Waals surface area contributed by atoms with Crippen molar-refractivity contribution in [3.8, 4) is 0 Å². The molecule has 0 N–H and O–H groups in total. The molecule has 2 saturated heterocycles. The fourth-order valence-electron chi connectivity index (χ4n) is 3.04. The van der Waals surface area contributed by atoms with Gasteiger partial charge in [-0.25, -0.2) is 8.42 Å². The number of alkyl halides is 3. The van der Waals surface area contributed by atoms with Crippen molar-refractivity contribution in [3.63, 3.8) is 0 Å². The molecule has 0 unspecified atom stereocenters. The summed E-state index contributed by atoms with van der Waals surface area (Å²) < 4.78 is 62.7. The lowest BCUT2D eigenvalue weighted by Crippen LogP contribution is -2.52. The maximum absolute atomic E-state index is 12.8. The quantitative estimate of drug-likeness (QED) is 0.766. The molecule has 21 heavy (non-hydrogen) atoms. The van der Waals surface area contributed by atoms with E-state index >= 15 is 0 Å². The van der Waals surface area contributed by atoms with Gasteiger partial charge in [0, 0.05) is 19.6 Å². The molecule has 1 amide bonds. The largest absolute Gasteiger partial charge is 0.393 e. The Hall–Kier alpha value is -0.830. The second kappa shape index (κ2) is 5.75. The number of hydrogen-bond acceptors (Lipinski definition) is 3. The van der Waals surface area contributed by atoms with Gasteiger partial charge < -0.3 is 4.90 Å². The van der Waals surface area contributed by atoms with E-state index in [1.54, 1.807) is 0 Å². The Kier molecular flexibility index (Phi) is 4.53. The molecule has 0 bridgehead atoms. The molecule has 0 aromatic heterocycles. The number of carbonyl (C=O) groups excluding carboxylic acids is 1. The Balaban J connectivity index is 2.09. The topological polar surface area (TPSA) is 57.7 Å². The Morgan fingerprint density at radius 3 is 2.33 bits per heavy atom. The van der Waals surface area contributed by atoms with Crippen LogP contribution in [-0.4, -0.2) is 61.6 Å². The van der Waals surface area contributed by atoms with Crippen LogP contribution in [0.4, 0.5) is 13.2 Å². The van der Waals surface area contributed by atoms with Crippen LogP contribution in [0, 0.1) is 5.92 Å². The molecule has 0 radical (unpaired) electrons. The minimum absolute atomic E-state index is 0.0216. The van der Waals surface area contributed by atoms with Gasteiger partial charge in [-0.1, -0.05) is 0 Å². The van der Waals surface area contributed by atoms with Crippen LogP contribution in [0.5, 0.6) is 0 Å². The Morgan fingerprint density at radius 2 is 1.76 bits per heavy atom. The monoisotopic (exact) mass is 328 g/mol. The van der Waals surface area contributed by atoms with Crippen LogP contribution in [0.15, 0.2) is 0 Å². The molecular formula is C12H19F3N2O3S. The summed E-state index contributed by atoms with van der Waals surface area (Å²) in [5.41, 5.74) is 0. The predicted octanol–water partition coefficient (Wildman–Crippen LogP) is 1.21. The normalized spacial score (nSPS) is 28.9. The first-order valence-electron chi connectivity index (χ1n) is 6.93. The van der Waals surface area contributed by atoms with Gasteiger partial charge in [0.1, 0.15) is 6.04 Å². The number of rotatable bonds is 2. The van der Waals surface area contributed by atoms with Crippen molar-refractivity contribution >= 4 is 15.9 Å². The summed E-state index contributed by atoms with van der Waals surface area (Å²) in [5, 5.41) is 0. The molecule has 2 rings (SSSR count). The second-order valence-corrected chi connectivity index (χ2v) is 7.63. The van der Waals surface area contributed by atoms with Crippen molar-refractivity contribution in [2.24, 2.45) is 5.92 Å².